The first-order chi connectivity index (χ1) is 9.49. The van der Waals surface area contributed by atoms with Gasteiger partial charge in [0.2, 0.25) is 0 Å². The molecule has 1 aliphatic rings. The molecule has 108 valence electrons. The first-order valence-electron chi connectivity index (χ1n) is 6.96. The Balaban J connectivity index is 2.23. The van der Waals surface area contributed by atoms with Crippen LogP contribution in [0.15, 0.2) is 28.7 Å². The van der Waals surface area contributed by atoms with Crippen molar-refractivity contribution in [1.82, 2.24) is 0 Å². The second kappa shape index (κ2) is 6.44. The molecule has 20 heavy (non-hydrogen) atoms. The fourth-order valence-electron chi connectivity index (χ4n) is 2.81. The summed E-state index contributed by atoms with van der Waals surface area (Å²) in [5.74, 6) is -0.291. The van der Waals surface area contributed by atoms with E-state index in [0.29, 0.717) is 12.0 Å². The lowest BCUT2D eigenvalue weighted by atomic mass is 10.0. The minimum atomic E-state index is -0.926. The van der Waals surface area contributed by atoms with E-state index in [0.717, 1.165) is 22.7 Å². The topological polar surface area (TPSA) is 40.5 Å². The van der Waals surface area contributed by atoms with Crippen LogP contribution in [0, 0.1) is 5.92 Å². The standard InChI is InChI=1S/C16H20BrNO2/c1-11(2)14-4-3-9-18(14)15-7-5-12(10-13(15)17)6-8-16(19)20/h5-8,10-11,14H,3-4,9H2,1-2H3,(H,19,20)/b8-6+. The van der Waals surface area contributed by atoms with Gasteiger partial charge in [-0.3, -0.25) is 0 Å². The Labute approximate surface area is 128 Å². The number of hydrogen-bond acceptors (Lipinski definition) is 2. The Morgan fingerprint density at radius 1 is 1.50 bits per heavy atom. The maximum Gasteiger partial charge on any atom is 0.328 e. The molecule has 1 heterocycles. The Morgan fingerprint density at radius 3 is 2.85 bits per heavy atom. The van der Waals surface area contributed by atoms with E-state index in [2.05, 4.69) is 40.7 Å². The molecular weight excluding hydrogens is 318 g/mol. The number of anilines is 1. The number of rotatable bonds is 4. The van der Waals surface area contributed by atoms with Gasteiger partial charge >= 0.3 is 5.97 Å². The van der Waals surface area contributed by atoms with Crippen molar-refractivity contribution in [2.24, 2.45) is 5.92 Å². The first-order valence-corrected chi connectivity index (χ1v) is 7.75. The molecule has 0 radical (unpaired) electrons. The summed E-state index contributed by atoms with van der Waals surface area (Å²) in [5, 5.41) is 8.66. The van der Waals surface area contributed by atoms with Gasteiger partial charge in [0.25, 0.3) is 0 Å². The van der Waals surface area contributed by atoms with Crippen LogP contribution in [0.2, 0.25) is 0 Å². The summed E-state index contributed by atoms with van der Waals surface area (Å²) >= 11 is 3.62. The van der Waals surface area contributed by atoms with Crippen LogP contribution in [0.4, 0.5) is 5.69 Å². The number of carboxylic acid groups (broad SMARTS) is 1. The van der Waals surface area contributed by atoms with E-state index in [-0.39, 0.29) is 0 Å². The minimum absolute atomic E-state index is 0.590. The molecule has 0 aromatic heterocycles. The van der Waals surface area contributed by atoms with Crippen LogP contribution < -0.4 is 4.90 Å². The number of carboxylic acids is 1. The highest BCUT2D eigenvalue weighted by atomic mass is 79.9. The van der Waals surface area contributed by atoms with Gasteiger partial charge in [0.1, 0.15) is 0 Å². The Bertz CT molecular complexity index is 525. The predicted molar refractivity (Wildman–Crippen MR) is 86.0 cm³/mol. The van der Waals surface area contributed by atoms with E-state index in [1.165, 1.54) is 18.5 Å². The van der Waals surface area contributed by atoms with E-state index < -0.39 is 5.97 Å². The number of halogens is 1. The number of hydrogen-bond donors (Lipinski definition) is 1. The average Bonchev–Trinajstić information content (AvgIpc) is 2.85. The Hall–Kier alpha value is -1.29. The molecule has 2 rings (SSSR count). The van der Waals surface area contributed by atoms with Gasteiger partial charge in [-0.2, -0.15) is 0 Å². The molecule has 1 saturated heterocycles. The van der Waals surface area contributed by atoms with Crippen LogP contribution in [-0.2, 0) is 4.79 Å². The van der Waals surface area contributed by atoms with Gasteiger partial charge in [-0.15, -0.1) is 0 Å². The smallest absolute Gasteiger partial charge is 0.328 e. The zero-order valence-electron chi connectivity index (χ0n) is 11.8. The van der Waals surface area contributed by atoms with Crippen molar-refractivity contribution >= 4 is 33.7 Å². The summed E-state index contributed by atoms with van der Waals surface area (Å²) in [6.07, 6.45) is 5.25. The maximum atomic E-state index is 10.5. The maximum absolute atomic E-state index is 10.5. The molecule has 1 unspecified atom stereocenters. The predicted octanol–water partition coefficient (Wildman–Crippen LogP) is 4.17. The summed E-state index contributed by atoms with van der Waals surface area (Å²) in [5.41, 5.74) is 2.09. The number of benzene rings is 1. The van der Waals surface area contributed by atoms with Crippen molar-refractivity contribution in [3.63, 3.8) is 0 Å². The van der Waals surface area contributed by atoms with Gasteiger partial charge < -0.3 is 10.0 Å². The largest absolute Gasteiger partial charge is 0.478 e. The third kappa shape index (κ3) is 3.42. The third-order valence-corrected chi connectivity index (χ3v) is 4.40. The van der Waals surface area contributed by atoms with E-state index in [1.54, 1.807) is 6.08 Å². The van der Waals surface area contributed by atoms with Crippen LogP contribution in [-0.4, -0.2) is 23.7 Å². The van der Waals surface area contributed by atoms with Gasteiger partial charge in [-0.25, -0.2) is 4.79 Å². The normalized spacial score (nSPS) is 19.2. The van der Waals surface area contributed by atoms with Crippen LogP contribution in [0.3, 0.4) is 0 Å². The van der Waals surface area contributed by atoms with Crippen molar-refractivity contribution < 1.29 is 9.90 Å². The van der Waals surface area contributed by atoms with Gasteiger partial charge in [-0.05, 0) is 58.5 Å². The number of nitrogens with zero attached hydrogens (tertiary/aromatic N) is 1. The number of carbonyl (C=O) groups is 1. The molecule has 0 amide bonds. The van der Waals surface area contributed by atoms with E-state index in [4.69, 9.17) is 5.11 Å². The fraction of sp³-hybridized carbons (Fsp3) is 0.438. The molecule has 1 aliphatic heterocycles. The minimum Gasteiger partial charge on any atom is -0.478 e. The molecule has 0 aliphatic carbocycles. The molecule has 1 aromatic carbocycles. The SMILES string of the molecule is CC(C)C1CCCN1c1ccc(/C=C/C(=O)O)cc1Br. The molecule has 1 N–H and O–H groups in total. The van der Waals surface area contributed by atoms with Crippen molar-refractivity contribution in [2.45, 2.75) is 32.7 Å². The zero-order valence-corrected chi connectivity index (χ0v) is 13.4. The zero-order chi connectivity index (χ0) is 14.7. The highest BCUT2D eigenvalue weighted by Crippen LogP contribution is 2.35. The van der Waals surface area contributed by atoms with Crippen LogP contribution >= 0.6 is 15.9 Å². The molecule has 0 spiro atoms. The van der Waals surface area contributed by atoms with Gasteiger partial charge in [0.05, 0.1) is 5.69 Å². The summed E-state index contributed by atoms with van der Waals surface area (Å²) in [6, 6.07) is 6.61. The lowest BCUT2D eigenvalue weighted by Gasteiger charge is -2.30. The molecule has 1 aromatic rings. The molecule has 4 heteroatoms. The van der Waals surface area contributed by atoms with E-state index in [1.807, 2.05) is 12.1 Å². The monoisotopic (exact) mass is 337 g/mol. The van der Waals surface area contributed by atoms with Crippen molar-refractivity contribution in [3.8, 4) is 0 Å². The molecule has 1 atom stereocenters. The lowest BCUT2D eigenvalue weighted by molar-refractivity contribution is -0.131. The Kier molecular flexibility index (Phi) is 4.86. The van der Waals surface area contributed by atoms with Crippen LogP contribution in [0.25, 0.3) is 6.08 Å². The van der Waals surface area contributed by atoms with E-state index in [9.17, 15) is 4.79 Å². The molecular formula is C16H20BrNO2. The van der Waals surface area contributed by atoms with Gasteiger partial charge in [-0.1, -0.05) is 19.9 Å². The van der Waals surface area contributed by atoms with Gasteiger partial charge in [0, 0.05) is 23.1 Å². The third-order valence-electron chi connectivity index (χ3n) is 3.77. The number of aliphatic carboxylic acids is 1. The molecule has 3 nitrogen and oxygen atoms in total. The summed E-state index contributed by atoms with van der Waals surface area (Å²) < 4.78 is 1.03. The highest BCUT2D eigenvalue weighted by molar-refractivity contribution is 9.10. The van der Waals surface area contributed by atoms with Gasteiger partial charge in [0.15, 0.2) is 0 Å². The molecule has 1 fully saturated rings. The lowest BCUT2D eigenvalue weighted by Crippen LogP contribution is -2.33. The van der Waals surface area contributed by atoms with Crippen molar-refractivity contribution in [3.05, 3.63) is 34.3 Å². The molecule has 0 saturated carbocycles. The van der Waals surface area contributed by atoms with E-state index >= 15 is 0 Å². The molecule has 0 bridgehead atoms. The van der Waals surface area contributed by atoms with Crippen LogP contribution in [0.1, 0.15) is 32.3 Å². The van der Waals surface area contributed by atoms with Crippen molar-refractivity contribution in [1.29, 1.82) is 0 Å². The highest BCUT2D eigenvalue weighted by Gasteiger charge is 2.28. The second-order valence-corrected chi connectivity index (χ2v) is 6.38. The first kappa shape index (κ1) is 15.1. The average molecular weight is 338 g/mol. The van der Waals surface area contributed by atoms with Crippen molar-refractivity contribution in [2.75, 3.05) is 11.4 Å². The quantitative estimate of drug-likeness (QED) is 0.838. The van der Waals surface area contributed by atoms with Crippen LogP contribution in [0.5, 0.6) is 0 Å². The Morgan fingerprint density at radius 2 is 2.25 bits per heavy atom. The second-order valence-electron chi connectivity index (χ2n) is 5.53. The fourth-order valence-corrected chi connectivity index (χ4v) is 3.44. The summed E-state index contributed by atoms with van der Waals surface area (Å²) in [7, 11) is 0. The summed E-state index contributed by atoms with van der Waals surface area (Å²) in [4.78, 5) is 13.0. The summed E-state index contributed by atoms with van der Waals surface area (Å²) in [6.45, 7) is 5.62.